The van der Waals surface area contributed by atoms with Gasteiger partial charge in [-0.25, -0.2) is 9.78 Å². The second-order valence-electron chi connectivity index (χ2n) is 2.43. The molecule has 0 bridgehead atoms. The Labute approximate surface area is 86.8 Å². The summed E-state index contributed by atoms with van der Waals surface area (Å²) >= 11 is 5.21. The van der Waals surface area contributed by atoms with E-state index >= 15 is 0 Å². The molecule has 0 atom stereocenters. The van der Waals surface area contributed by atoms with Crippen molar-refractivity contribution in [3.63, 3.8) is 0 Å². The fourth-order valence-electron chi connectivity index (χ4n) is 0.800. The van der Waals surface area contributed by atoms with Crippen LogP contribution in [-0.4, -0.2) is 11.1 Å². The number of carbonyl (C=O) groups is 1. The van der Waals surface area contributed by atoms with E-state index in [9.17, 15) is 18.0 Å². The normalized spacial score (nSPS) is 11.2. The Kier molecular flexibility index (Phi) is 3.04. The van der Waals surface area contributed by atoms with Crippen molar-refractivity contribution in [2.75, 3.05) is 0 Å². The molecule has 0 fully saturated rings. The number of pyridine rings is 1. The van der Waals surface area contributed by atoms with Crippen LogP contribution < -0.4 is 10.5 Å². The maximum atomic E-state index is 12.3. The van der Waals surface area contributed by atoms with Gasteiger partial charge >= 0.3 is 12.3 Å². The lowest BCUT2D eigenvalue weighted by Crippen LogP contribution is -2.17. The number of rotatable bonds is 1. The van der Waals surface area contributed by atoms with Crippen LogP contribution >= 0.6 is 11.6 Å². The molecule has 0 spiro atoms. The van der Waals surface area contributed by atoms with Gasteiger partial charge in [-0.2, -0.15) is 13.2 Å². The highest BCUT2D eigenvalue weighted by Gasteiger charge is 2.34. The summed E-state index contributed by atoms with van der Waals surface area (Å²) in [6.45, 7) is 0. The first kappa shape index (κ1) is 11.6. The van der Waals surface area contributed by atoms with Gasteiger partial charge in [-0.3, -0.25) is 0 Å². The number of hydrogen-bond donors (Lipinski definition) is 1. The predicted molar refractivity (Wildman–Crippen MR) is 44.5 cm³/mol. The van der Waals surface area contributed by atoms with E-state index in [1.165, 1.54) is 0 Å². The molecule has 4 nitrogen and oxygen atoms in total. The largest absolute Gasteiger partial charge is 0.419 e. The lowest BCUT2D eigenvalue weighted by molar-refractivity contribution is -0.137. The molecule has 1 aromatic heterocycles. The van der Waals surface area contributed by atoms with Crippen LogP contribution in [0.15, 0.2) is 12.3 Å². The van der Waals surface area contributed by atoms with Crippen LogP contribution in [-0.2, 0) is 6.18 Å². The molecule has 15 heavy (non-hydrogen) atoms. The lowest BCUT2D eigenvalue weighted by Gasteiger charge is -2.09. The summed E-state index contributed by atoms with van der Waals surface area (Å²) in [5.74, 6) is -0.417. The van der Waals surface area contributed by atoms with Gasteiger partial charge in [-0.05, 0) is 6.07 Å². The number of nitrogens with two attached hydrogens (primary N) is 1. The number of hydrogen-bond acceptors (Lipinski definition) is 3. The zero-order chi connectivity index (χ0) is 11.6. The first-order chi connectivity index (χ1) is 6.80. The molecule has 8 heteroatoms. The van der Waals surface area contributed by atoms with E-state index in [0.29, 0.717) is 6.07 Å². The van der Waals surface area contributed by atoms with Gasteiger partial charge in [0.05, 0.1) is 11.8 Å². The van der Waals surface area contributed by atoms with Crippen LogP contribution in [0.1, 0.15) is 5.56 Å². The Balaban J connectivity index is 3.11. The van der Waals surface area contributed by atoms with E-state index in [1.54, 1.807) is 0 Å². The second-order valence-corrected chi connectivity index (χ2v) is 2.79. The van der Waals surface area contributed by atoms with E-state index in [1.807, 2.05) is 0 Å². The molecule has 1 rings (SSSR count). The number of alkyl halides is 3. The molecule has 1 amide bonds. The molecule has 0 saturated heterocycles. The Morgan fingerprint density at radius 3 is 2.60 bits per heavy atom. The Morgan fingerprint density at radius 2 is 2.13 bits per heavy atom. The summed E-state index contributed by atoms with van der Waals surface area (Å²) in [5.41, 5.74) is 3.43. The highest BCUT2D eigenvalue weighted by Crippen LogP contribution is 2.35. The predicted octanol–water partition coefficient (Wildman–Crippen LogP) is 2.21. The minimum absolute atomic E-state index is 0.417. The van der Waals surface area contributed by atoms with E-state index in [-0.39, 0.29) is 0 Å². The Hall–Kier alpha value is -1.50. The average molecular weight is 241 g/mol. The number of halogens is 4. The molecule has 1 aromatic rings. The fourth-order valence-corrected chi connectivity index (χ4v) is 1.01. The van der Waals surface area contributed by atoms with Crippen LogP contribution in [0.4, 0.5) is 18.0 Å². The van der Waals surface area contributed by atoms with Crippen LogP contribution in [0, 0.1) is 0 Å². The summed E-state index contributed by atoms with van der Waals surface area (Å²) in [6.07, 6.45) is -5.03. The molecular formula is C7H4ClF3N2O2. The topological polar surface area (TPSA) is 65.2 Å². The molecule has 0 unspecified atom stereocenters. The zero-order valence-electron chi connectivity index (χ0n) is 7.01. The van der Waals surface area contributed by atoms with Gasteiger partial charge in [0.15, 0.2) is 5.75 Å². The Morgan fingerprint density at radius 1 is 1.53 bits per heavy atom. The van der Waals surface area contributed by atoms with E-state index in [0.717, 1.165) is 6.20 Å². The third kappa shape index (κ3) is 2.98. The third-order valence-corrected chi connectivity index (χ3v) is 1.64. The summed E-state index contributed by atoms with van der Waals surface area (Å²) in [7, 11) is 0. The van der Waals surface area contributed by atoms with Gasteiger partial charge in [0.2, 0.25) is 0 Å². The molecule has 0 aliphatic carbocycles. The fraction of sp³-hybridized carbons (Fsp3) is 0.143. The van der Waals surface area contributed by atoms with Gasteiger partial charge in [-0.1, -0.05) is 11.6 Å². The van der Waals surface area contributed by atoms with Gasteiger partial charge in [0, 0.05) is 0 Å². The Bertz CT molecular complexity index is 394. The second kappa shape index (κ2) is 3.93. The third-order valence-electron chi connectivity index (χ3n) is 1.34. The summed E-state index contributed by atoms with van der Waals surface area (Å²) < 4.78 is 41.0. The molecule has 2 N–H and O–H groups in total. The number of nitrogens with zero attached hydrogens (tertiary/aromatic N) is 1. The number of ether oxygens (including phenoxy) is 1. The molecule has 0 aliphatic heterocycles. The molecule has 82 valence electrons. The lowest BCUT2D eigenvalue weighted by atomic mass is 10.3. The SMILES string of the molecule is NC(=O)Oc1cnc(Cl)c(C(F)(F)F)c1. The highest BCUT2D eigenvalue weighted by atomic mass is 35.5. The summed E-state index contributed by atoms with van der Waals surface area (Å²) in [4.78, 5) is 13.5. The summed E-state index contributed by atoms with van der Waals surface area (Å²) in [5, 5.41) is -0.723. The highest BCUT2D eigenvalue weighted by molar-refractivity contribution is 6.30. The standard InChI is InChI=1S/C7H4ClF3N2O2/c8-5-4(7(9,10)11)1-3(2-13-5)15-6(12)14/h1-2H,(H2,12,14). The molecule has 0 aromatic carbocycles. The minimum atomic E-state index is -4.67. The van der Waals surface area contributed by atoms with E-state index < -0.39 is 28.7 Å². The van der Waals surface area contributed by atoms with Gasteiger partial charge in [0.1, 0.15) is 5.15 Å². The van der Waals surface area contributed by atoms with Crippen LogP contribution in [0.2, 0.25) is 5.15 Å². The van der Waals surface area contributed by atoms with Crippen LogP contribution in [0.5, 0.6) is 5.75 Å². The van der Waals surface area contributed by atoms with Crippen molar-refractivity contribution in [1.29, 1.82) is 0 Å². The van der Waals surface area contributed by atoms with Crippen molar-refractivity contribution < 1.29 is 22.7 Å². The van der Waals surface area contributed by atoms with Crippen molar-refractivity contribution in [3.05, 3.63) is 23.0 Å². The maximum Gasteiger partial charge on any atom is 0.419 e. The quantitative estimate of drug-likeness (QED) is 0.766. The number of amides is 1. The van der Waals surface area contributed by atoms with Crippen molar-refractivity contribution >= 4 is 17.7 Å². The van der Waals surface area contributed by atoms with Crippen molar-refractivity contribution in [2.45, 2.75) is 6.18 Å². The maximum absolute atomic E-state index is 12.3. The van der Waals surface area contributed by atoms with Gasteiger partial charge in [-0.15, -0.1) is 0 Å². The van der Waals surface area contributed by atoms with E-state index in [2.05, 4.69) is 15.5 Å². The first-order valence-electron chi connectivity index (χ1n) is 3.50. The monoisotopic (exact) mass is 240 g/mol. The number of aromatic nitrogens is 1. The minimum Gasteiger partial charge on any atom is -0.409 e. The number of primary amides is 1. The van der Waals surface area contributed by atoms with E-state index in [4.69, 9.17) is 11.6 Å². The average Bonchev–Trinajstić information content (AvgIpc) is 2.05. The van der Waals surface area contributed by atoms with Crippen molar-refractivity contribution in [2.24, 2.45) is 5.73 Å². The first-order valence-corrected chi connectivity index (χ1v) is 3.88. The number of carbonyl (C=O) groups excluding carboxylic acids is 1. The molecule has 0 aliphatic rings. The van der Waals surface area contributed by atoms with Gasteiger partial charge in [0.25, 0.3) is 0 Å². The molecule has 0 radical (unpaired) electrons. The van der Waals surface area contributed by atoms with Crippen LogP contribution in [0.25, 0.3) is 0 Å². The molecule has 0 saturated carbocycles. The molecular weight excluding hydrogens is 237 g/mol. The summed E-state index contributed by atoms with van der Waals surface area (Å²) in [6, 6.07) is 0.542. The van der Waals surface area contributed by atoms with Gasteiger partial charge < -0.3 is 10.5 Å². The van der Waals surface area contributed by atoms with Crippen LogP contribution in [0.3, 0.4) is 0 Å². The van der Waals surface area contributed by atoms with Crippen molar-refractivity contribution in [1.82, 2.24) is 4.98 Å². The smallest absolute Gasteiger partial charge is 0.409 e. The zero-order valence-corrected chi connectivity index (χ0v) is 7.76. The molecule has 1 heterocycles. The van der Waals surface area contributed by atoms with Crippen molar-refractivity contribution in [3.8, 4) is 5.75 Å².